The van der Waals surface area contributed by atoms with Crippen LogP contribution in [-0.2, 0) is 0 Å². The van der Waals surface area contributed by atoms with Crippen LogP contribution in [0.1, 0.15) is 0 Å². The summed E-state index contributed by atoms with van der Waals surface area (Å²) < 4.78 is 1.09. The lowest BCUT2D eigenvalue weighted by molar-refractivity contribution is 1.41. The van der Waals surface area contributed by atoms with Crippen molar-refractivity contribution in [3.63, 3.8) is 0 Å². The first-order valence-electron chi connectivity index (χ1n) is 5.07. The van der Waals surface area contributed by atoms with Crippen LogP contribution in [0.5, 0.6) is 0 Å². The van der Waals surface area contributed by atoms with Crippen molar-refractivity contribution in [3.05, 3.63) is 50.9 Å². The first-order valence-corrected chi connectivity index (χ1v) is 7.68. The molecule has 0 spiro atoms. The molecule has 0 aliphatic carbocycles. The summed E-state index contributed by atoms with van der Waals surface area (Å²) in [7, 11) is 0. The summed E-state index contributed by atoms with van der Waals surface area (Å²) in [6, 6.07) is 10.3. The molecule has 3 aromatic rings. The maximum atomic E-state index is 4.66. The molecule has 2 aromatic heterocycles. The minimum absolute atomic E-state index is 1.05. The third-order valence-corrected chi connectivity index (χ3v) is 4.52. The van der Waals surface area contributed by atoms with E-state index in [-0.39, 0.29) is 0 Å². The van der Waals surface area contributed by atoms with Crippen LogP contribution in [0.25, 0.3) is 21.8 Å². The molecule has 1 aromatic carbocycles. The molecule has 84 valence electrons. The highest BCUT2D eigenvalue weighted by molar-refractivity contribution is 9.10. The van der Waals surface area contributed by atoms with Crippen LogP contribution in [0.2, 0.25) is 0 Å². The van der Waals surface area contributed by atoms with Gasteiger partial charge in [-0.15, -0.1) is 11.3 Å². The number of aromatic nitrogens is 1. The maximum Gasteiger partial charge on any atom is 0.124 e. The van der Waals surface area contributed by atoms with E-state index in [4.69, 9.17) is 0 Å². The Morgan fingerprint density at radius 3 is 2.47 bits per heavy atom. The van der Waals surface area contributed by atoms with E-state index in [9.17, 15) is 0 Å². The summed E-state index contributed by atoms with van der Waals surface area (Å²) in [5.74, 6) is 0. The number of hydrogen-bond donors (Lipinski definition) is 0. The largest absolute Gasteiger partial charge is 0.236 e. The van der Waals surface area contributed by atoms with E-state index in [2.05, 4.69) is 55.3 Å². The second kappa shape index (κ2) is 4.72. The number of nitrogens with zero attached hydrogens (tertiary/aromatic N) is 1. The van der Waals surface area contributed by atoms with E-state index in [1.165, 1.54) is 5.56 Å². The minimum atomic E-state index is 1.05. The average Bonchev–Trinajstić information content (AvgIpc) is 3.00. The van der Waals surface area contributed by atoms with Crippen LogP contribution in [0.4, 0.5) is 0 Å². The van der Waals surface area contributed by atoms with E-state index in [0.717, 1.165) is 20.7 Å². The number of benzene rings is 1. The summed E-state index contributed by atoms with van der Waals surface area (Å²) >= 11 is 6.83. The third kappa shape index (κ3) is 2.34. The van der Waals surface area contributed by atoms with Crippen molar-refractivity contribution in [1.82, 2.24) is 4.98 Å². The van der Waals surface area contributed by atoms with Gasteiger partial charge in [0, 0.05) is 26.4 Å². The third-order valence-electron chi connectivity index (χ3n) is 2.41. The van der Waals surface area contributed by atoms with Gasteiger partial charge in [0.25, 0.3) is 0 Å². The van der Waals surface area contributed by atoms with Gasteiger partial charge in [0.2, 0.25) is 0 Å². The molecule has 0 radical (unpaired) electrons. The monoisotopic (exact) mass is 321 g/mol. The maximum absolute atomic E-state index is 4.66. The quantitative estimate of drug-likeness (QED) is 0.624. The van der Waals surface area contributed by atoms with Crippen LogP contribution in [0, 0.1) is 0 Å². The molecule has 4 heteroatoms. The fourth-order valence-corrected chi connectivity index (χ4v) is 3.35. The standard InChI is InChI=1S/C13H8BrNS2/c14-11-3-1-9(2-4-11)12-8-17-13(15-12)10-5-6-16-7-10/h1-8H. The number of halogens is 1. The van der Waals surface area contributed by atoms with Crippen molar-refractivity contribution in [2.75, 3.05) is 0 Å². The Balaban J connectivity index is 1.98. The van der Waals surface area contributed by atoms with Crippen LogP contribution < -0.4 is 0 Å². The zero-order chi connectivity index (χ0) is 11.7. The highest BCUT2D eigenvalue weighted by atomic mass is 79.9. The van der Waals surface area contributed by atoms with Gasteiger partial charge in [-0.25, -0.2) is 4.98 Å². The second-order valence-electron chi connectivity index (χ2n) is 3.56. The Labute approximate surface area is 116 Å². The van der Waals surface area contributed by atoms with Gasteiger partial charge < -0.3 is 0 Å². The second-order valence-corrected chi connectivity index (χ2v) is 6.11. The number of rotatable bonds is 2. The summed E-state index contributed by atoms with van der Waals surface area (Å²) in [6.07, 6.45) is 0. The molecule has 3 rings (SSSR count). The number of thiophene rings is 1. The van der Waals surface area contributed by atoms with Gasteiger partial charge in [-0.2, -0.15) is 11.3 Å². The topological polar surface area (TPSA) is 12.9 Å². The molecule has 0 amide bonds. The predicted molar refractivity (Wildman–Crippen MR) is 78.6 cm³/mol. The van der Waals surface area contributed by atoms with Gasteiger partial charge in [0.15, 0.2) is 0 Å². The van der Waals surface area contributed by atoms with E-state index in [0.29, 0.717) is 0 Å². The van der Waals surface area contributed by atoms with E-state index in [1.54, 1.807) is 22.7 Å². The lowest BCUT2D eigenvalue weighted by atomic mass is 10.2. The van der Waals surface area contributed by atoms with Crippen LogP contribution in [-0.4, -0.2) is 4.98 Å². The van der Waals surface area contributed by atoms with Crippen molar-refractivity contribution >= 4 is 38.6 Å². The average molecular weight is 322 g/mol. The van der Waals surface area contributed by atoms with Gasteiger partial charge >= 0.3 is 0 Å². The van der Waals surface area contributed by atoms with Gasteiger partial charge in [-0.05, 0) is 23.6 Å². The van der Waals surface area contributed by atoms with Gasteiger partial charge in [-0.3, -0.25) is 0 Å². The minimum Gasteiger partial charge on any atom is -0.236 e. The Hall–Kier alpha value is -0.970. The normalized spacial score (nSPS) is 10.6. The van der Waals surface area contributed by atoms with Gasteiger partial charge in [-0.1, -0.05) is 28.1 Å². The zero-order valence-electron chi connectivity index (χ0n) is 8.76. The zero-order valence-corrected chi connectivity index (χ0v) is 12.0. The molecule has 0 atom stereocenters. The first-order chi connectivity index (χ1) is 8.33. The van der Waals surface area contributed by atoms with E-state index < -0.39 is 0 Å². The lowest BCUT2D eigenvalue weighted by Gasteiger charge is -1.96. The van der Waals surface area contributed by atoms with Crippen LogP contribution >= 0.6 is 38.6 Å². The Kier molecular flexibility index (Phi) is 3.09. The first kappa shape index (κ1) is 11.1. The van der Waals surface area contributed by atoms with E-state index >= 15 is 0 Å². The Morgan fingerprint density at radius 1 is 0.941 bits per heavy atom. The molecule has 0 N–H and O–H groups in total. The van der Waals surface area contributed by atoms with Crippen molar-refractivity contribution in [2.45, 2.75) is 0 Å². The molecule has 2 heterocycles. The van der Waals surface area contributed by atoms with Crippen molar-refractivity contribution < 1.29 is 0 Å². The van der Waals surface area contributed by atoms with Crippen LogP contribution in [0.15, 0.2) is 50.9 Å². The predicted octanol–water partition coefficient (Wildman–Crippen LogP) is 5.30. The summed E-state index contributed by atoms with van der Waals surface area (Å²) in [6.45, 7) is 0. The van der Waals surface area contributed by atoms with Gasteiger partial charge in [0.05, 0.1) is 5.69 Å². The molecule has 1 nitrogen and oxygen atoms in total. The summed E-state index contributed by atoms with van der Waals surface area (Å²) in [5.41, 5.74) is 3.41. The smallest absolute Gasteiger partial charge is 0.124 e. The fraction of sp³-hybridized carbons (Fsp3) is 0. The highest BCUT2D eigenvalue weighted by Gasteiger charge is 2.06. The molecule has 0 bridgehead atoms. The van der Waals surface area contributed by atoms with Crippen molar-refractivity contribution in [1.29, 1.82) is 0 Å². The number of hydrogen-bond acceptors (Lipinski definition) is 3. The molecule has 0 saturated heterocycles. The van der Waals surface area contributed by atoms with Crippen LogP contribution in [0.3, 0.4) is 0 Å². The molecule has 0 saturated carbocycles. The highest BCUT2D eigenvalue weighted by Crippen LogP contribution is 2.30. The molecule has 17 heavy (non-hydrogen) atoms. The molecule has 0 fully saturated rings. The molecular formula is C13H8BrNS2. The van der Waals surface area contributed by atoms with Gasteiger partial charge in [0.1, 0.15) is 5.01 Å². The molecule has 0 unspecified atom stereocenters. The lowest BCUT2D eigenvalue weighted by Crippen LogP contribution is -1.77. The molecule has 0 aliphatic heterocycles. The fourth-order valence-electron chi connectivity index (χ4n) is 1.55. The molecular weight excluding hydrogens is 314 g/mol. The van der Waals surface area contributed by atoms with Crippen molar-refractivity contribution in [3.8, 4) is 21.8 Å². The SMILES string of the molecule is Brc1ccc(-c2csc(-c3ccsc3)n2)cc1. The van der Waals surface area contributed by atoms with E-state index in [1.807, 2.05) is 12.1 Å². The Morgan fingerprint density at radius 2 is 1.76 bits per heavy atom. The summed E-state index contributed by atoms with van der Waals surface area (Å²) in [5, 5.41) is 7.40. The Bertz CT molecular complexity index is 611. The molecule has 0 aliphatic rings. The number of thiazole rings is 1. The summed E-state index contributed by atoms with van der Waals surface area (Å²) in [4.78, 5) is 4.66. The van der Waals surface area contributed by atoms with Crippen molar-refractivity contribution in [2.24, 2.45) is 0 Å².